The maximum Gasteiger partial charge on any atom is 0.337 e. The van der Waals surface area contributed by atoms with Crippen LogP contribution >= 0.6 is 0 Å². The summed E-state index contributed by atoms with van der Waals surface area (Å²) in [6, 6.07) is 5.08. The van der Waals surface area contributed by atoms with Crippen molar-refractivity contribution in [2.45, 2.75) is 32.5 Å². The molecule has 19 heavy (non-hydrogen) atoms. The van der Waals surface area contributed by atoms with Gasteiger partial charge in [-0.05, 0) is 39.0 Å². The lowest BCUT2D eigenvalue weighted by Crippen LogP contribution is -2.52. The molecular weight excluding hydrogens is 244 g/mol. The number of anilines is 2. The molecule has 1 fully saturated rings. The van der Waals surface area contributed by atoms with Gasteiger partial charge in [0.05, 0.1) is 17.3 Å². The fraction of sp³-hybridized carbons (Fsp3) is 0.500. The van der Waals surface area contributed by atoms with Crippen LogP contribution in [0.25, 0.3) is 0 Å². The van der Waals surface area contributed by atoms with E-state index in [0.717, 1.165) is 18.8 Å². The van der Waals surface area contributed by atoms with Gasteiger partial charge in [0.2, 0.25) is 0 Å². The van der Waals surface area contributed by atoms with Crippen molar-refractivity contribution in [1.29, 1.82) is 0 Å². The fourth-order valence-electron chi connectivity index (χ4n) is 2.59. The van der Waals surface area contributed by atoms with E-state index in [2.05, 4.69) is 4.90 Å². The molecule has 0 saturated carbocycles. The summed E-state index contributed by atoms with van der Waals surface area (Å²) in [4.78, 5) is 13.1. The highest BCUT2D eigenvalue weighted by Gasteiger charge is 2.31. The molecule has 0 amide bonds. The van der Waals surface area contributed by atoms with Crippen LogP contribution < -0.4 is 10.6 Å². The number of nitrogen functional groups attached to an aromatic ring is 1. The number of nitrogens with two attached hydrogens (primary N) is 1. The predicted molar refractivity (Wildman–Crippen MR) is 74.7 cm³/mol. The Balaban J connectivity index is 2.27. The van der Waals surface area contributed by atoms with E-state index in [1.807, 2.05) is 20.8 Å². The van der Waals surface area contributed by atoms with E-state index in [1.54, 1.807) is 18.2 Å². The number of hydrogen-bond acceptors (Lipinski definition) is 4. The first-order chi connectivity index (χ1) is 8.78. The van der Waals surface area contributed by atoms with Crippen molar-refractivity contribution < 1.29 is 14.6 Å². The molecule has 1 heterocycles. The molecule has 104 valence electrons. The van der Waals surface area contributed by atoms with Crippen LogP contribution in [0.5, 0.6) is 0 Å². The first-order valence-corrected chi connectivity index (χ1v) is 6.34. The normalized spacial score (nSPS) is 22.3. The van der Waals surface area contributed by atoms with Crippen LogP contribution in [0.15, 0.2) is 18.2 Å². The van der Waals surface area contributed by atoms with Gasteiger partial charge in [-0.2, -0.15) is 0 Å². The summed E-state index contributed by atoms with van der Waals surface area (Å²) in [6.45, 7) is 7.65. The Morgan fingerprint density at radius 2 is 2.21 bits per heavy atom. The summed E-state index contributed by atoms with van der Waals surface area (Å²) < 4.78 is 5.85. The van der Waals surface area contributed by atoms with Gasteiger partial charge in [0.15, 0.2) is 0 Å². The molecule has 1 aromatic carbocycles. The molecule has 1 aliphatic rings. The quantitative estimate of drug-likeness (QED) is 0.799. The Morgan fingerprint density at radius 1 is 1.53 bits per heavy atom. The maximum atomic E-state index is 11.0. The van der Waals surface area contributed by atoms with Crippen LogP contribution in [0.4, 0.5) is 11.4 Å². The zero-order valence-corrected chi connectivity index (χ0v) is 11.5. The third-order valence-corrected chi connectivity index (χ3v) is 3.20. The smallest absolute Gasteiger partial charge is 0.337 e. The van der Waals surface area contributed by atoms with Gasteiger partial charge in [0, 0.05) is 24.5 Å². The van der Waals surface area contributed by atoms with Crippen molar-refractivity contribution in [2.75, 3.05) is 23.7 Å². The number of aromatic carboxylic acids is 1. The number of nitrogens with zero attached hydrogens (tertiary/aromatic N) is 1. The molecule has 0 aromatic heterocycles. The summed E-state index contributed by atoms with van der Waals surface area (Å²) in [5.74, 6) is -1.00. The molecule has 1 atom stereocenters. The molecule has 1 aliphatic heterocycles. The average molecular weight is 264 g/mol. The summed E-state index contributed by atoms with van der Waals surface area (Å²) in [6.07, 6.45) is 0.129. The molecule has 0 radical (unpaired) electrons. The van der Waals surface area contributed by atoms with E-state index in [9.17, 15) is 4.79 Å². The van der Waals surface area contributed by atoms with Crippen molar-refractivity contribution in [2.24, 2.45) is 0 Å². The van der Waals surface area contributed by atoms with E-state index in [0.29, 0.717) is 5.69 Å². The lowest BCUT2D eigenvalue weighted by atomic mass is 10.0. The number of rotatable bonds is 2. The maximum absolute atomic E-state index is 11.0. The Labute approximate surface area is 113 Å². The number of benzene rings is 1. The highest BCUT2D eigenvalue weighted by Crippen LogP contribution is 2.28. The van der Waals surface area contributed by atoms with Gasteiger partial charge < -0.3 is 20.5 Å². The molecule has 5 heteroatoms. The highest BCUT2D eigenvalue weighted by molar-refractivity contribution is 5.94. The minimum atomic E-state index is -1.00. The molecule has 3 N–H and O–H groups in total. The Bertz CT molecular complexity index is 499. The standard InChI is InChI=1S/C14H20N2O3/c1-9-7-16(8-14(2,3)19-9)10-4-5-11(13(17)18)12(15)6-10/h4-6,9H,7-8,15H2,1-3H3,(H,17,18). The topological polar surface area (TPSA) is 75.8 Å². The summed E-state index contributed by atoms with van der Waals surface area (Å²) in [5, 5.41) is 8.98. The van der Waals surface area contributed by atoms with E-state index in [4.69, 9.17) is 15.6 Å². The molecule has 2 rings (SSSR count). The van der Waals surface area contributed by atoms with Crippen molar-refractivity contribution >= 4 is 17.3 Å². The van der Waals surface area contributed by atoms with Crippen LogP contribution in [0, 0.1) is 0 Å². The third-order valence-electron chi connectivity index (χ3n) is 3.20. The Kier molecular flexibility index (Phi) is 3.41. The molecule has 1 aromatic rings. The number of carboxylic acid groups (broad SMARTS) is 1. The van der Waals surface area contributed by atoms with Crippen molar-refractivity contribution in [1.82, 2.24) is 0 Å². The van der Waals surface area contributed by atoms with Gasteiger partial charge in [0.25, 0.3) is 0 Å². The van der Waals surface area contributed by atoms with Gasteiger partial charge in [-0.25, -0.2) is 4.79 Å². The zero-order chi connectivity index (χ0) is 14.2. The van der Waals surface area contributed by atoms with E-state index in [1.165, 1.54) is 0 Å². The Hall–Kier alpha value is -1.75. The first-order valence-electron chi connectivity index (χ1n) is 6.34. The number of ether oxygens (including phenoxy) is 1. The summed E-state index contributed by atoms with van der Waals surface area (Å²) in [7, 11) is 0. The highest BCUT2D eigenvalue weighted by atomic mass is 16.5. The van der Waals surface area contributed by atoms with Crippen molar-refractivity contribution in [3.63, 3.8) is 0 Å². The van der Waals surface area contributed by atoms with Gasteiger partial charge >= 0.3 is 5.97 Å². The molecular formula is C14H20N2O3. The lowest BCUT2D eigenvalue weighted by Gasteiger charge is -2.43. The molecule has 0 bridgehead atoms. The largest absolute Gasteiger partial charge is 0.478 e. The van der Waals surface area contributed by atoms with Crippen LogP contribution in [0.2, 0.25) is 0 Å². The second kappa shape index (κ2) is 4.74. The van der Waals surface area contributed by atoms with Crippen LogP contribution in [0.3, 0.4) is 0 Å². The van der Waals surface area contributed by atoms with Crippen LogP contribution in [-0.2, 0) is 4.74 Å². The zero-order valence-electron chi connectivity index (χ0n) is 11.5. The lowest BCUT2D eigenvalue weighted by molar-refractivity contribution is -0.0749. The minimum absolute atomic E-state index is 0.129. The average Bonchev–Trinajstić information content (AvgIpc) is 2.25. The Morgan fingerprint density at radius 3 is 2.74 bits per heavy atom. The third kappa shape index (κ3) is 2.98. The second-order valence-corrected chi connectivity index (χ2v) is 5.65. The van der Waals surface area contributed by atoms with Gasteiger partial charge in [-0.1, -0.05) is 0 Å². The summed E-state index contributed by atoms with van der Waals surface area (Å²) >= 11 is 0. The van der Waals surface area contributed by atoms with Crippen LogP contribution in [0.1, 0.15) is 31.1 Å². The van der Waals surface area contributed by atoms with Gasteiger partial charge in [-0.15, -0.1) is 0 Å². The van der Waals surface area contributed by atoms with Crippen molar-refractivity contribution in [3.05, 3.63) is 23.8 Å². The molecule has 5 nitrogen and oxygen atoms in total. The van der Waals surface area contributed by atoms with E-state index >= 15 is 0 Å². The predicted octanol–water partition coefficient (Wildman–Crippen LogP) is 1.97. The molecule has 1 saturated heterocycles. The monoisotopic (exact) mass is 264 g/mol. The second-order valence-electron chi connectivity index (χ2n) is 5.65. The number of hydrogen-bond donors (Lipinski definition) is 2. The minimum Gasteiger partial charge on any atom is -0.478 e. The number of carbonyl (C=O) groups is 1. The number of carboxylic acids is 1. The van der Waals surface area contributed by atoms with E-state index in [-0.39, 0.29) is 17.3 Å². The summed E-state index contributed by atoms with van der Waals surface area (Å²) in [5.41, 5.74) is 6.94. The van der Waals surface area contributed by atoms with E-state index < -0.39 is 5.97 Å². The fourth-order valence-corrected chi connectivity index (χ4v) is 2.59. The van der Waals surface area contributed by atoms with Gasteiger partial charge in [-0.3, -0.25) is 0 Å². The molecule has 1 unspecified atom stereocenters. The van der Waals surface area contributed by atoms with Gasteiger partial charge in [0.1, 0.15) is 0 Å². The molecule has 0 aliphatic carbocycles. The SMILES string of the molecule is CC1CN(c2ccc(C(=O)O)c(N)c2)CC(C)(C)O1. The molecule has 0 spiro atoms. The van der Waals surface area contributed by atoms with Crippen molar-refractivity contribution in [3.8, 4) is 0 Å². The first kappa shape index (κ1) is 13.7. The number of morpholine rings is 1. The van der Waals surface area contributed by atoms with Crippen LogP contribution in [-0.4, -0.2) is 35.9 Å².